The zero-order valence-corrected chi connectivity index (χ0v) is 14.8. The summed E-state index contributed by atoms with van der Waals surface area (Å²) in [6.45, 7) is 4.25. The number of aryl methyl sites for hydroxylation is 1. The van der Waals surface area contributed by atoms with E-state index < -0.39 is 5.92 Å². The van der Waals surface area contributed by atoms with E-state index in [2.05, 4.69) is 5.32 Å². The first kappa shape index (κ1) is 17.9. The minimum Gasteiger partial charge on any atom is -0.492 e. The van der Waals surface area contributed by atoms with Crippen LogP contribution < -0.4 is 15.0 Å². The molecule has 1 fully saturated rings. The Labute approximate surface area is 151 Å². The predicted octanol–water partition coefficient (Wildman–Crippen LogP) is 3.52. The van der Waals surface area contributed by atoms with E-state index in [1.54, 1.807) is 37.3 Å². The van der Waals surface area contributed by atoms with Crippen LogP contribution in [0.15, 0.2) is 42.5 Å². The number of anilines is 2. The summed E-state index contributed by atoms with van der Waals surface area (Å²) in [6.07, 6.45) is 0.0954. The molecular formula is C20H21FN2O3. The maximum Gasteiger partial charge on any atom is 0.229 e. The lowest BCUT2D eigenvalue weighted by atomic mass is 10.1. The molecule has 1 N–H and O–H groups in total. The van der Waals surface area contributed by atoms with Crippen molar-refractivity contribution in [2.75, 3.05) is 23.4 Å². The molecular weight excluding hydrogens is 335 g/mol. The summed E-state index contributed by atoms with van der Waals surface area (Å²) in [5.74, 6) is -0.715. The number of halogens is 1. The van der Waals surface area contributed by atoms with Crippen LogP contribution in [0.1, 0.15) is 18.9 Å². The molecule has 1 heterocycles. The molecule has 136 valence electrons. The van der Waals surface area contributed by atoms with Crippen LogP contribution in [0, 0.1) is 18.7 Å². The Morgan fingerprint density at radius 3 is 2.81 bits per heavy atom. The van der Waals surface area contributed by atoms with E-state index >= 15 is 0 Å². The van der Waals surface area contributed by atoms with Crippen molar-refractivity contribution >= 4 is 23.2 Å². The van der Waals surface area contributed by atoms with Gasteiger partial charge in [0.15, 0.2) is 0 Å². The summed E-state index contributed by atoms with van der Waals surface area (Å²) in [4.78, 5) is 26.4. The summed E-state index contributed by atoms with van der Waals surface area (Å²) in [7, 11) is 0. The number of benzene rings is 2. The van der Waals surface area contributed by atoms with E-state index in [1.165, 1.54) is 11.0 Å². The van der Waals surface area contributed by atoms with E-state index in [1.807, 2.05) is 13.0 Å². The van der Waals surface area contributed by atoms with Gasteiger partial charge >= 0.3 is 0 Å². The Morgan fingerprint density at radius 2 is 2.08 bits per heavy atom. The monoisotopic (exact) mass is 356 g/mol. The molecule has 0 saturated carbocycles. The second kappa shape index (κ2) is 7.56. The number of nitrogens with one attached hydrogen (secondary N) is 1. The molecule has 2 amide bonds. The highest BCUT2D eigenvalue weighted by Gasteiger charge is 2.35. The SMILES string of the molecule is CCOc1ccccc1NC(=O)C1CC(=O)N(c2ccc(C)c(F)c2)C1. The lowest BCUT2D eigenvalue weighted by molar-refractivity contribution is -0.122. The second-order valence-corrected chi connectivity index (χ2v) is 6.26. The van der Waals surface area contributed by atoms with Crippen molar-refractivity contribution in [2.24, 2.45) is 5.92 Å². The van der Waals surface area contributed by atoms with Crippen LogP contribution >= 0.6 is 0 Å². The third kappa shape index (κ3) is 3.69. The number of rotatable bonds is 5. The van der Waals surface area contributed by atoms with Gasteiger partial charge in [-0.2, -0.15) is 0 Å². The molecule has 1 aliphatic heterocycles. The predicted molar refractivity (Wildman–Crippen MR) is 97.8 cm³/mol. The van der Waals surface area contributed by atoms with Gasteiger partial charge in [-0.1, -0.05) is 18.2 Å². The molecule has 1 atom stereocenters. The Morgan fingerprint density at radius 1 is 1.31 bits per heavy atom. The fourth-order valence-corrected chi connectivity index (χ4v) is 2.97. The molecule has 2 aromatic rings. The number of hydrogen-bond acceptors (Lipinski definition) is 3. The highest BCUT2D eigenvalue weighted by Crippen LogP contribution is 2.29. The van der Waals surface area contributed by atoms with Crippen LogP contribution in [-0.4, -0.2) is 25.0 Å². The Hall–Kier alpha value is -2.89. The fraction of sp³-hybridized carbons (Fsp3) is 0.300. The van der Waals surface area contributed by atoms with Crippen LogP contribution in [0.2, 0.25) is 0 Å². The largest absolute Gasteiger partial charge is 0.492 e. The minimum atomic E-state index is -0.499. The average Bonchev–Trinajstić information content (AvgIpc) is 3.01. The lowest BCUT2D eigenvalue weighted by Gasteiger charge is -2.17. The van der Waals surface area contributed by atoms with E-state index in [0.717, 1.165) is 0 Å². The minimum absolute atomic E-state index is 0.0954. The molecule has 1 unspecified atom stereocenters. The normalized spacial score (nSPS) is 16.7. The molecule has 0 radical (unpaired) electrons. The molecule has 26 heavy (non-hydrogen) atoms. The number of carbonyl (C=O) groups excluding carboxylic acids is 2. The summed E-state index contributed by atoms with van der Waals surface area (Å²) >= 11 is 0. The van der Waals surface area contributed by atoms with Crippen molar-refractivity contribution in [2.45, 2.75) is 20.3 Å². The maximum absolute atomic E-state index is 13.8. The Kier molecular flexibility index (Phi) is 5.21. The Bertz CT molecular complexity index is 838. The second-order valence-electron chi connectivity index (χ2n) is 6.26. The smallest absolute Gasteiger partial charge is 0.229 e. The van der Waals surface area contributed by atoms with Gasteiger partial charge in [0.25, 0.3) is 0 Å². The number of nitrogens with zero attached hydrogens (tertiary/aromatic N) is 1. The van der Waals surface area contributed by atoms with E-state index in [0.29, 0.717) is 29.3 Å². The van der Waals surface area contributed by atoms with Crippen LogP contribution in [0.3, 0.4) is 0 Å². The fourth-order valence-electron chi connectivity index (χ4n) is 2.97. The molecule has 0 spiro atoms. The van der Waals surface area contributed by atoms with Gasteiger partial charge in [0.1, 0.15) is 11.6 Å². The summed E-state index contributed by atoms with van der Waals surface area (Å²) in [5, 5.41) is 2.83. The molecule has 6 heteroatoms. The quantitative estimate of drug-likeness (QED) is 0.892. The van der Waals surface area contributed by atoms with Crippen LogP contribution in [0.4, 0.5) is 15.8 Å². The molecule has 1 saturated heterocycles. The standard InChI is InChI=1S/C20H21FN2O3/c1-3-26-18-7-5-4-6-17(18)22-20(25)14-10-19(24)23(12-14)15-9-8-13(2)16(21)11-15/h4-9,11,14H,3,10,12H2,1-2H3,(H,22,25). The van der Waals surface area contributed by atoms with Crippen molar-refractivity contribution in [3.63, 3.8) is 0 Å². The van der Waals surface area contributed by atoms with Gasteiger partial charge in [-0.3, -0.25) is 9.59 Å². The topological polar surface area (TPSA) is 58.6 Å². The van der Waals surface area contributed by atoms with Gasteiger partial charge in [-0.25, -0.2) is 4.39 Å². The third-order valence-corrected chi connectivity index (χ3v) is 4.41. The van der Waals surface area contributed by atoms with E-state index in [9.17, 15) is 14.0 Å². The van der Waals surface area contributed by atoms with Crippen LogP contribution in [-0.2, 0) is 9.59 Å². The number of para-hydroxylation sites is 2. The number of amides is 2. The van der Waals surface area contributed by atoms with Gasteiger partial charge in [0, 0.05) is 18.7 Å². The van der Waals surface area contributed by atoms with E-state index in [-0.39, 0.29) is 30.6 Å². The number of hydrogen-bond donors (Lipinski definition) is 1. The van der Waals surface area contributed by atoms with Crippen molar-refractivity contribution < 1.29 is 18.7 Å². The van der Waals surface area contributed by atoms with Gasteiger partial charge in [-0.15, -0.1) is 0 Å². The molecule has 0 bridgehead atoms. The van der Waals surface area contributed by atoms with Crippen molar-refractivity contribution in [1.29, 1.82) is 0 Å². The van der Waals surface area contributed by atoms with Crippen molar-refractivity contribution in [3.8, 4) is 5.75 Å². The highest BCUT2D eigenvalue weighted by molar-refractivity contribution is 6.03. The van der Waals surface area contributed by atoms with Gasteiger partial charge in [0.05, 0.1) is 18.2 Å². The van der Waals surface area contributed by atoms with Gasteiger partial charge in [-0.05, 0) is 43.7 Å². The van der Waals surface area contributed by atoms with Gasteiger partial charge in [0.2, 0.25) is 11.8 Å². The first-order chi connectivity index (χ1) is 12.5. The molecule has 2 aromatic carbocycles. The van der Waals surface area contributed by atoms with Crippen molar-refractivity contribution in [1.82, 2.24) is 0 Å². The highest BCUT2D eigenvalue weighted by atomic mass is 19.1. The van der Waals surface area contributed by atoms with E-state index in [4.69, 9.17) is 4.74 Å². The first-order valence-corrected chi connectivity index (χ1v) is 8.58. The van der Waals surface area contributed by atoms with Gasteiger partial charge < -0.3 is 15.0 Å². The van der Waals surface area contributed by atoms with Crippen molar-refractivity contribution in [3.05, 3.63) is 53.8 Å². The summed E-state index contributed by atoms with van der Waals surface area (Å²) < 4.78 is 19.3. The molecule has 1 aliphatic rings. The lowest BCUT2D eigenvalue weighted by Crippen LogP contribution is -2.28. The average molecular weight is 356 g/mol. The molecule has 3 rings (SSSR count). The Balaban J connectivity index is 1.72. The maximum atomic E-state index is 13.8. The number of ether oxygens (including phenoxy) is 1. The summed E-state index contributed by atoms with van der Waals surface area (Å²) in [5.41, 5.74) is 1.57. The first-order valence-electron chi connectivity index (χ1n) is 8.58. The molecule has 0 aliphatic carbocycles. The molecule has 0 aromatic heterocycles. The van der Waals surface area contributed by atoms with Crippen LogP contribution in [0.25, 0.3) is 0 Å². The number of carbonyl (C=O) groups is 2. The van der Waals surface area contributed by atoms with Crippen LogP contribution in [0.5, 0.6) is 5.75 Å². The third-order valence-electron chi connectivity index (χ3n) is 4.41. The summed E-state index contributed by atoms with van der Waals surface area (Å²) in [6, 6.07) is 11.8. The zero-order valence-electron chi connectivity index (χ0n) is 14.8. The zero-order chi connectivity index (χ0) is 18.7. The molecule has 5 nitrogen and oxygen atoms in total.